The molecule has 5 nitrogen and oxygen atoms in total. The molecule has 3 heterocycles. The molecule has 30 heavy (non-hydrogen) atoms. The highest BCUT2D eigenvalue weighted by molar-refractivity contribution is 5.94. The second-order valence-electron chi connectivity index (χ2n) is 9.06. The number of aromatic amines is 1. The Morgan fingerprint density at radius 3 is 2.40 bits per heavy atom. The van der Waals surface area contributed by atoms with Crippen molar-refractivity contribution < 1.29 is 9.59 Å². The van der Waals surface area contributed by atoms with Gasteiger partial charge in [0.1, 0.15) is 5.69 Å². The minimum atomic E-state index is -0.0651. The lowest BCUT2D eigenvalue weighted by Crippen LogP contribution is -2.48. The van der Waals surface area contributed by atoms with Crippen LogP contribution >= 0.6 is 0 Å². The Hall–Kier alpha value is -2.56. The highest BCUT2D eigenvalue weighted by Crippen LogP contribution is 2.26. The minimum absolute atomic E-state index is 0.0275. The molecule has 0 bridgehead atoms. The zero-order chi connectivity index (χ0) is 21.1. The number of hydrogen-bond acceptors (Lipinski definition) is 2. The van der Waals surface area contributed by atoms with Gasteiger partial charge in [0.25, 0.3) is 5.91 Å². The molecule has 1 N–H and O–H groups in total. The monoisotopic (exact) mass is 407 g/mol. The van der Waals surface area contributed by atoms with E-state index in [2.05, 4.69) is 35.3 Å². The van der Waals surface area contributed by atoms with Gasteiger partial charge in [0, 0.05) is 31.9 Å². The number of carbonyl (C=O) groups is 2. The predicted octanol–water partition coefficient (Wildman–Crippen LogP) is 3.97. The van der Waals surface area contributed by atoms with Crippen molar-refractivity contribution in [2.45, 2.75) is 46.0 Å². The number of hydrogen-bond donors (Lipinski definition) is 1. The van der Waals surface area contributed by atoms with Crippen LogP contribution in [0.15, 0.2) is 36.4 Å². The van der Waals surface area contributed by atoms with E-state index in [9.17, 15) is 9.59 Å². The van der Waals surface area contributed by atoms with Crippen molar-refractivity contribution in [3.8, 4) is 0 Å². The van der Waals surface area contributed by atoms with Crippen LogP contribution in [-0.4, -0.2) is 52.8 Å². The van der Waals surface area contributed by atoms with Crippen LogP contribution in [0.2, 0.25) is 0 Å². The summed E-state index contributed by atoms with van der Waals surface area (Å²) in [5.41, 5.74) is 4.03. The number of likely N-dealkylation sites (tertiary alicyclic amines) is 2. The van der Waals surface area contributed by atoms with E-state index in [4.69, 9.17) is 0 Å². The van der Waals surface area contributed by atoms with E-state index in [-0.39, 0.29) is 17.7 Å². The van der Waals surface area contributed by atoms with Gasteiger partial charge in [0.2, 0.25) is 5.91 Å². The highest BCUT2D eigenvalue weighted by Gasteiger charge is 2.33. The number of aryl methyl sites for hydroxylation is 2. The first-order chi connectivity index (χ1) is 14.5. The van der Waals surface area contributed by atoms with E-state index in [1.54, 1.807) is 0 Å². The summed E-state index contributed by atoms with van der Waals surface area (Å²) in [4.78, 5) is 33.2. The fourth-order valence-electron chi connectivity index (χ4n) is 5.04. The molecule has 0 spiro atoms. The van der Waals surface area contributed by atoms with Crippen LogP contribution in [0.5, 0.6) is 0 Å². The van der Waals surface area contributed by atoms with Gasteiger partial charge >= 0.3 is 0 Å². The maximum atomic E-state index is 13.2. The SMILES string of the molecule is Cc1cc(C)c(C(=O)N2CCC[C@H](C(=O)N3CCC(Cc4ccccc4)CC3)C2)[nH]1. The molecule has 0 aliphatic carbocycles. The van der Waals surface area contributed by atoms with Gasteiger partial charge in [-0.3, -0.25) is 9.59 Å². The molecule has 1 atom stereocenters. The van der Waals surface area contributed by atoms with Gasteiger partial charge in [-0.25, -0.2) is 0 Å². The molecule has 2 aliphatic heterocycles. The van der Waals surface area contributed by atoms with E-state index >= 15 is 0 Å². The van der Waals surface area contributed by atoms with Crippen LogP contribution in [0.3, 0.4) is 0 Å². The van der Waals surface area contributed by atoms with Crippen molar-refractivity contribution in [2.24, 2.45) is 11.8 Å². The molecule has 0 unspecified atom stereocenters. The quantitative estimate of drug-likeness (QED) is 0.834. The predicted molar refractivity (Wildman–Crippen MR) is 118 cm³/mol. The van der Waals surface area contributed by atoms with Crippen molar-refractivity contribution in [1.29, 1.82) is 0 Å². The minimum Gasteiger partial charge on any atom is -0.354 e. The molecule has 160 valence electrons. The van der Waals surface area contributed by atoms with Crippen LogP contribution in [0.4, 0.5) is 0 Å². The van der Waals surface area contributed by atoms with Crippen LogP contribution in [-0.2, 0) is 11.2 Å². The second kappa shape index (κ2) is 9.07. The van der Waals surface area contributed by atoms with E-state index in [1.807, 2.05) is 29.7 Å². The van der Waals surface area contributed by atoms with Gasteiger partial charge < -0.3 is 14.8 Å². The molecule has 1 aromatic carbocycles. The first kappa shape index (κ1) is 20.7. The molecular formula is C25H33N3O2. The highest BCUT2D eigenvalue weighted by atomic mass is 16.2. The summed E-state index contributed by atoms with van der Waals surface area (Å²) in [6, 6.07) is 12.6. The van der Waals surface area contributed by atoms with Gasteiger partial charge in [0.05, 0.1) is 5.92 Å². The lowest BCUT2D eigenvalue weighted by molar-refractivity contribution is -0.138. The third-order valence-electron chi connectivity index (χ3n) is 6.71. The Labute approximate surface area is 179 Å². The first-order valence-corrected chi connectivity index (χ1v) is 11.3. The smallest absolute Gasteiger partial charge is 0.270 e. The van der Waals surface area contributed by atoms with Crippen LogP contribution in [0.25, 0.3) is 0 Å². The van der Waals surface area contributed by atoms with Gasteiger partial charge in [-0.1, -0.05) is 30.3 Å². The fourth-order valence-corrected chi connectivity index (χ4v) is 5.04. The molecule has 2 aliphatic rings. The van der Waals surface area contributed by atoms with E-state index in [1.165, 1.54) is 5.56 Å². The molecule has 1 aromatic heterocycles. The Kier molecular flexibility index (Phi) is 6.26. The van der Waals surface area contributed by atoms with Crippen molar-refractivity contribution in [3.05, 3.63) is 58.9 Å². The average Bonchev–Trinajstić information content (AvgIpc) is 3.12. The zero-order valence-electron chi connectivity index (χ0n) is 18.2. The van der Waals surface area contributed by atoms with E-state index in [0.717, 1.165) is 63.0 Å². The van der Waals surface area contributed by atoms with Crippen LogP contribution in [0.1, 0.15) is 53.0 Å². The number of rotatable bonds is 4. The molecule has 2 amide bonds. The Balaban J connectivity index is 1.31. The maximum Gasteiger partial charge on any atom is 0.270 e. The number of H-pyrrole nitrogens is 1. The number of piperidine rings is 2. The molecule has 5 heteroatoms. The molecule has 0 radical (unpaired) electrons. The summed E-state index contributed by atoms with van der Waals surface area (Å²) < 4.78 is 0. The Morgan fingerprint density at radius 1 is 1.00 bits per heavy atom. The third-order valence-corrected chi connectivity index (χ3v) is 6.71. The first-order valence-electron chi connectivity index (χ1n) is 11.3. The molecular weight excluding hydrogens is 374 g/mol. The Morgan fingerprint density at radius 2 is 1.73 bits per heavy atom. The number of aromatic nitrogens is 1. The summed E-state index contributed by atoms with van der Waals surface area (Å²) in [6.45, 7) is 6.89. The summed E-state index contributed by atoms with van der Waals surface area (Å²) >= 11 is 0. The number of amides is 2. The Bertz CT molecular complexity index is 881. The number of benzene rings is 1. The lowest BCUT2D eigenvalue weighted by atomic mass is 9.89. The van der Waals surface area contributed by atoms with Gasteiger partial charge in [0.15, 0.2) is 0 Å². The van der Waals surface area contributed by atoms with Gasteiger partial charge in [-0.2, -0.15) is 0 Å². The number of carbonyl (C=O) groups excluding carboxylic acids is 2. The normalized spacial score (nSPS) is 20.4. The molecule has 2 aromatic rings. The second-order valence-corrected chi connectivity index (χ2v) is 9.06. The zero-order valence-corrected chi connectivity index (χ0v) is 18.2. The van der Waals surface area contributed by atoms with Crippen molar-refractivity contribution in [1.82, 2.24) is 14.8 Å². The molecule has 4 rings (SSSR count). The summed E-state index contributed by atoms with van der Waals surface area (Å²) in [7, 11) is 0. The average molecular weight is 408 g/mol. The van der Waals surface area contributed by atoms with Crippen LogP contribution in [0, 0.1) is 25.7 Å². The van der Waals surface area contributed by atoms with Crippen molar-refractivity contribution >= 4 is 11.8 Å². The lowest BCUT2D eigenvalue weighted by Gasteiger charge is -2.38. The number of nitrogens with one attached hydrogen (secondary N) is 1. The standard InChI is InChI=1S/C25H33N3O2/c1-18-15-19(2)26-23(18)25(30)28-12-6-9-22(17-28)24(29)27-13-10-21(11-14-27)16-20-7-4-3-5-8-20/h3-5,7-8,15,21-22,26H,6,9-14,16-17H2,1-2H3/t22-/m0/s1. The van der Waals surface area contributed by atoms with E-state index in [0.29, 0.717) is 18.2 Å². The maximum absolute atomic E-state index is 13.2. The van der Waals surface area contributed by atoms with E-state index < -0.39 is 0 Å². The third kappa shape index (κ3) is 4.61. The van der Waals surface area contributed by atoms with Gasteiger partial charge in [-0.05, 0) is 69.1 Å². The number of nitrogens with zero attached hydrogens (tertiary/aromatic N) is 2. The van der Waals surface area contributed by atoms with Crippen molar-refractivity contribution in [2.75, 3.05) is 26.2 Å². The topological polar surface area (TPSA) is 56.4 Å². The summed E-state index contributed by atoms with van der Waals surface area (Å²) in [6.07, 6.45) is 5.01. The summed E-state index contributed by atoms with van der Waals surface area (Å²) in [5.74, 6) is 0.856. The molecule has 2 saturated heterocycles. The largest absolute Gasteiger partial charge is 0.354 e. The van der Waals surface area contributed by atoms with Gasteiger partial charge in [-0.15, -0.1) is 0 Å². The molecule has 2 fully saturated rings. The fraction of sp³-hybridized carbons (Fsp3) is 0.520. The summed E-state index contributed by atoms with van der Waals surface area (Å²) in [5, 5.41) is 0. The van der Waals surface area contributed by atoms with Crippen molar-refractivity contribution in [3.63, 3.8) is 0 Å². The molecule has 0 saturated carbocycles. The van der Waals surface area contributed by atoms with Crippen LogP contribution < -0.4 is 0 Å².